The third kappa shape index (κ3) is 4.75. The number of anilines is 2. The third-order valence-corrected chi connectivity index (χ3v) is 7.20. The molecular formula is C33H37N3. The molecule has 3 nitrogen and oxygen atoms in total. The molecule has 5 rings (SSSR count). The van der Waals surface area contributed by atoms with E-state index in [0.29, 0.717) is 17.9 Å². The molecule has 184 valence electrons. The molecule has 0 spiro atoms. The van der Waals surface area contributed by atoms with Gasteiger partial charge in [0.15, 0.2) is 0 Å². The molecule has 0 bridgehead atoms. The van der Waals surface area contributed by atoms with Gasteiger partial charge in [-0.2, -0.15) is 0 Å². The zero-order valence-corrected chi connectivity index (χ0v) is 22.0. The van der Waals surface area contributed by atoms with Crippen molar-refractivity contribution in [1.82, 2.24) is 4.98 Å². The van der Waals surface area contributed by atoms with Crippen molar-refractivity contribution in [2.75, 3.05) is 10.6 Å². The number of benzene rings is 3. The maximum absolute atomic E-state index is 5.26. The molecule has 1 aliphatic rings. The molecule has 0 radical (unpaired) electrons. The van der Waals surface area contributed by atoms with Crippen LogP contribution in [0.2, 0.25) is 0 Å². The van der Waals surface area contributed by atoms with Crippen LogP contribution in [0.1, 0.15) is 80.4 Å². The Bertz CT molecular complexity index is 1310. The first kappa shape index (κ1) is 24.1. The average molecular weight is 476 g/mol. The average Bonchev–Trinajstić information content (AvgIpc) is 3.27. The topological polar surface area (TPSA) is 37.0 Å². The molecule has 0 aliphatic carbocycles. The van der Waals surface area contributed by atoms with Crippen LogP contribution in [-0.4, -0.2) is 11.0 Å². The van der Waals surface area contributed by atoms with Crippen LogP contribution in [0, 0.1) is 0 Å². The van der Waals surface area contributed by atoms with Crippen molar-refractivity contribution in [1.29, 1.82) is 0 Å². The SMILES string of the molecule is CC1Cc2cccc(-c3cccc([C@H](Nc4c(C(C)C)cccc4C(C)C)c4ccccc4)n3)c2N1. The van der Waals surface area contributed by atoms with Crippen LogP contribution in [-0.2, 0) is 6.42 Å². The van der Waals surface area contributed by atoms with Crippen LogP contribution in [0.3, 0.4) is 0 Å². The molecule has 3 heteroatoms. The van der Waals surface area contributed by atoms with Gasteiger partial charge in [0.2, 0.25) is 0 Å². The number of nitrogens with one attached hydrogen (secondary N) is 2. The zero-order chi connectivity index (χ0) is 25.2. The van der Waals surface area contributed by atoms with E-state index < -0.39 is 0 Å². The monoisotopic (exact) mass is 475 g/mol. The number of fused-ring (bicyclic) bond motifs is 1. The van der Waals surface area contributed by atoms with Crippen molar-refractivity contribution in [3.8, 4) is 11.3 Å². The standard InChI is InChI=1S/C33H37N3/c1-21(2)26-15-10-16-27(22(3)4)33(26)36-32(24-12-7-6-8-13-24)30-19-11-18-29(35-30)28-17-9-14-25-20-23(5)34-31(25)28/h6-19,21-23,32,34,36H,20H2,1-5H3/t23?,32-/m1/s1. The molecular weight excluding hydrogens is 438 g/mol. The van der Waals surface area contributed by atoms with Crippen molar-refractivity contribution in [3.63, 3.8) is 0 Å². The summed E-state index contributed by atoms with van der Waals surface area (Å²) < 4.78 is 0. The van der Waals surface area contributed by atoms with Gasteiger partial charge in [0.25, 0.3) is 0 Å². The Morgan fingerprint density at radius 2 is 1.44 bits per heavy atom. The molecule has 1 aliphatic heterocycles. The molecule has 0 saturated carbocycles. The zero-order valence-electron chi connectivity index (χ0n) is 22.0. The summed E-state index contributed by atoms with van der Waals surface area (Å²) in [7, 11) is 0. The number of pyridine rings is 1. The van der Waals surface area contributed by atoms with Crippen LogP contribution in [0.5, 0.6) is 0 Å². The summed E-state index contributed by atoms with van der Waals surface area (Å²) in [5.41, 5.74) is 10.9. The van der Waals surface area contributed by atoms with Gasteiger partial charge in [-0.1, -0.05) is 100 Å². The molecule has 0 fully saturated rings. The lowest BCUT2D eigenvalue weighted by Crippen LogP contribution is -2.17. The number of hydrogen-bond acceptors (Lipinski definition) is 3. The van der Waals surface area contributed by atoms with Crippen molar-refractivity contribution >= 4 is 11.4 Å². The first-order valence-corrected chi connectivity index (χ1v) is 13.2. The van der Waals surface area contributed by atoms with Crippen molar-refractivity contribution in [3.05, 3.63) is 113 Å². The highest BCUT2D eigenvalue weighted by molar-refractivity contribution is 5.80. The quantitative estimate of drug-likeness (QED) is 0.281. The Kier molecular flexibility index (Phi) is 6.82. The van der Waals surface area contributed by atoms with Crippen molar-refractivity contribution in [2.24, 2.45) is 0 Å². The minimum Gasteiger partial charge on any atom is -0.381 e. The minimum absolute atomic E-state index is 0.0628. The van der Waals surface area contributed by atoms with Crippen LogP contribution in [0.25, 0.3) is 11.3 Å². The van der Waals surface area contributed by atoms with E-state index in [1.165, 1.54) is 39.2 Å². The number of aromatic nitrogens is 1. The maximum Gasteiger partial charge on any atom is 0.0940 e. The molecule has 1 aromatic heterocycles. The van der Waals surface area contributed by atoms with Gasteiger partial charge < -0.3 is 10.6 Å². The Balaban J connectivity index is 1.62. The second-order valence-electron chi connectivity index (χ2n) is 10.6. The van der Waals surface area contributed by atoms with Crippen LogP contribution in [0.15, 0.2) is 84.9 Å². The van der Waals surface area contributed by atoms with Crippen LogP contribution in [0.4, 0.5) is 11.4 Å². The fourth-order valence-corrected chi connectivity index (χ4v) is 5.38. The summed E-state index contributed by atoms with van der Waals surface area (Å²) in [5, 5.41) is 7.64. The van der Waals surface area contributed by atoms with Crippen molar-refractivity contribution in [2.45, 2.75) is 65.0 Å². The lowest BCUT2D eigenvalue weighted by Gasteiger charge is -2.27. The molecule has 2 atom stereocenters. The van der Waals surface area contributed by atoms with E-state index >= 15 is 0 Å². The smallest absolute Gasteiger partial charge is 0.0940 e. The van der Waals surface area contributed by atoms with Crippen LogP contribution >= 0.6 is 0 Å². The van der Waals surface area contributed by atoms with Gasteiger partial charge in [-0.05, 0) is 59.6 Å². The van der Waals surface area contributed by atoms with E-state index in [9.17, 15) is 0 Å². The third-order valence-electron chi connectivity index (χ3n) is 7.20. The van der Waals surface area contributed by atoms with Gasteiger partial charge in [-0.15, -0.1) is 0 Å². The second-order valence-corrected chi connectivity index (χ2v) is 10.6. The molecule has 0 saturated heterocycles. The molecule has 4 aromatic rings. The molecule has 2 heterocycles. The van der Waals surface area contributed by atoms with Gasteiger partial charge in [-0.3, -0.25) is 4.98 Å². The Labute approximate surface area is 216 Å². The highest BCUT2D eigenvalue weighted by atomic mass is 15.0. The summed E-state index contributed by atoms with van der Waals surface area (Å²) in [6.45, 7) is 11.3. The Morgan fingerprint density at radius 1 is 0.778 bits per heavy atom. The summed E-state index contributed by atoms with van der Waals surface area (Å²) in [5.74, 6) is 0.837. The summed E-state index contributed by atoms with van der Waals surface area (Å²) in [6, 6.07) is 30.8. The number of nitrogens with zero attached hydrogens (tertiary/aromatic N) is 1. The van der Waals surface area contributed by atoms with Gasteiger partial charge in [0, 0.05) is 23.0 Å². The second kappa shape index (κ2) is 10.2. The first-order chi connectivity index (χ1) is 17.4. The van der Waals surface area contributed by atoms with Gasteiger partial charge in [-0.25, -0.2) is 0 Å². The molecule has 1 unspecified atom stereocenters. The fourth-order valence-electron chi connectivity index (χ4n) is 5.38. The molecule has 36 heavy (non-hydrogen) atoms. The largest absolute Gasteiger partial charge is 0.381 e. The number of rotatable bonds is 7. The van der Waals surface area contributed by atoms with E-state index in [2.05, 4.69) is 130 Å². The summed E-state index contributed by atoms with van der Waals surface area (Å²) in [6.07, 6.45) is 1.06. The number of hydrogen-bond donors (Lipinski definition) is 2. The van der Waals surface area contributed by atoms with Gasteiger partial charge in [0.1, 0.15) is 0 Å². The van der Waals surface area contributed by atoms with E-state index in [-0.39, 0.29) is 6.04 Å². The fraction of sp³-hybridized carbons (Fsp3) is 0.303. The Hall–Kier alpha value is -3.59. The highest BCUT2D eigenvalue weighted by Gasteiger charge is 2.23. The molecule has 3 aromatic carbocycles. The van der Waals surface area contributed by atoms with E-state index in [1.54, 1.807) is 0 Å². The lowest BCUT2D eigenvalue weighted by molar-refractivity contribution is 0.814. The Morgan fingerprint density at radius 3 is 2.14 bits per heavy atom. The predicted octanol–water partition coefficient (Wildman–Crippen LogP) is 8.55. The first-order valence-electron chi connectivity index (χ1n) is 13.2. The molecule has 0 amide bonds. The number of para-hydroxylation sites is 2. The molecule has 2 N–H and O–H groups in total. The normalized spacial score (nSPS) is 15.6. The lowest BCUT2D eigenvalue weighted by atomic mass is 9.91. The van der Waals surface area contributed by atoms with E-state index in [1.807, 2.05) is 0 Å². The summed E-state index contributed by atoms with van der Waals surface area (Å²) >= 11 is 0. The van der Waals surface area contributed by atoms with Crippen molar-refractivity contribution < 1.29 is 0 Å². The minimum atomic E-state index is -0.0628. The van der Waals surface area contributed by atoms with E-state index in [0.717, 1.165) is 17.8 Å². The van der Waals surface area contributed by atoms with Gasteiger partial charge >= 0.3 is 0 Å². The van der Waals surface area contributed by atoms with E-state index in [4.69, 9.17) is 4.98 Å². The van der Waals surface area contributed by atoms with Gasteiger partial charge in [0.05, 0.1) is 17.4 Å². The predicted molar refractivity (Wildman–Crippen MR) is 153 cm³/mol. The van der Waals surface area contributed by atoms with Crippen LogP contribution < -0.4 is 10.6 Å². The summed E-state index contributed by atoms with van der Waals surface area (Å²) in [4.78, 5) is 5.26. The maximum atomic E-state index is 5.26. The highest BCUT2D eigenvalue weighted by Crippen LogP contribution is 2.38.